The zero-order valence-corrected chi connectivity index (χ0v) is 19.3. The first-order valence-corrected chi connectivity index (χ1v) is 11.2. The van der Waals surface area contributed by atoms with Crippen LogP contribution in [0.1, 0.15) is 29.9 Å². The third-order valence-corrected chi connectivity index (χ3v) is 6.00. The highest BCUT2D eigenvalue weighted by atomic mass is 16.1. The van der Waals surface area contributed by atoms with Crippen molar-refractivity contribution in [1.29, 1.82) is 0 Å². The average molecular weight is 445 g/mol. The van der Waals surface area contributed by atoms with Gasteiger partial charge < -0.3 is 25.3 Å². The maximum absolute atomic E-state index is 13.3. The molecule has 4 aromatic rings. The normalized spacial score (nSPS) is 18.6. The number of carbonyl (C=O) groups is 1. The number of amides is 1. The second-order valence-corrected chi connectivity index (χ2v) is 8.76. The fraction of sp³-hybridized carbons (Fsp3) is 0.333. The number of nitrogens with zero attached hydrogens (tertiary/aromatic N) is 5. The molecule has 1 aliphatic rings. The van der Waals surface area contributed by atoms with Gasteiger partial charge in [-0.2, -0.15) is 5.10 Å². The lowest BCUT2D eigenvalue weighted by molar-refractivity contribution is 0.102. The molecule has 1 aromatic carbocycles. The molecule has 3 N–H and O–H groups in total. The zero-order valence-electron chi connectivity index (χ0n) is 19.3. The molecule has 0 saturated carbocycles. The van der Waals surface area contributed by atoms with Crippen molar-refractivity contribution in [3.8, 4) is 0 Å². The van der Waals surface area contributed by atoms with Crippen LogP contribution in [0.3, 0.4) is 0 Å². The molecular formula is C24H28N8O. The summed E-state index contributed by atoms with van der Waals surface area (Å²) in [5, 5.41) is 19.1. The van der Waals surface area contributed by atoms with Crippen molar-refractivity contribution < 1.29 is 4.79 Å². The molecule has 0 unspecified atom stereocenters. The van der Waals surface area contributed by atoms with Crippen LogP contribution in [0.15, 0.2) is 42.9 Å². The molecule has 0 bridgehead atoms. The summed E-state index contributed by atoms with van der Waals surface area (Å²) in [6, 6.07) is 8.44. The van der Waals surface area contributed by atoms with E-state index >= 15 is 0 Å². The summed E-state index contributed by atoms with van der Waals surface area (Å²) in [6.45, 7) is 8.10. The summed E-state index contributed by atoms with van der Waals surface area (Å²) in [6.07, 6.45) is 5.47. The van der Waals surface area contributed by atoms with Gasteiger partial charge in [0.05, 0.1) is 28.8 Å². The minimum atomic E-state index is -0.229. The van der Waals surface area contributed by atoms with Gasteiger partial charge in [0.2, 0.25) is 0 Å². The monoisotopic (exact) mass is 444 g/mol. The van der Waals surface area contributed by atoms with E-state index in [1.807, 2.05) is 55.0 Å². The van der Waals surface area contributed by atoms with Gasteiger partial charge in [-0.1, -0.05) is 0 Å². The molecule has 1 amide bonds. The Hall–Kier alpha value is -3.72. The molecule has 9 nitrogen and oxygen atoms in total. The molecule has 1 saturated heterocycles. The van der Waals surface area contributed by atoms with Crippen molar-refractivity contribution in [1.82, 2.24) is 24.9 Å². The predicted octanol–water partition coefficient (Wildman–Crippen LogP) is 3.07. The molecule has 0 radical (unpaired) electrons. The van der Waals surface area contributed by atoms with E-state index < -0.39 is 0 Å². The summed E-state index contributed by atoms with van der Waals surface area (Å²) in [5.41, 5.74) is 5.38. The summed E-state index contributed by atoms with van der Waals surface area (Å²) < 4.78 is 1.91. The Morgan fingerprint density at radius 2 is 1.94 bits per heavy atom. The van der Waals surface area contributed by atoms with Crippen LogP contribution in [-0.2, 0) is 0 Å². The Labute approximate surface area is 192 Å². The minimum Gasteiger partial charge on any atom is -0.385 e. The summed E-state index contributed by atoms with van der Waals surface area (Å²) in [4.78, 5) is 20.2. The zero-order chi connectivity index (χ0) is 23.1. The van der Waals surface area contributed by atoms with Crippen molar-refractivity contribution in [3.05, 3.63) is 54.1 Å². The Morgan fingerprint density at radius 3 is 2.70 bits per heavy atom. The maximum atomic E-state index is 13.3. The van der Waals surface area contributed by atoms with Gasteiger partial charge in [0.25, 0.3) is 5.91 Å². The van der Waals surface area contributed by atoms with Crippen LogP contribution in [0.4, 0.5) is 17.1 Å². The molecule has 5 rings (SSSR count). The number of nitrogens with one attached hydrogen (secondary N) is 3. The topological polar surface area (TPSA) is 99.5 Å². The Bertz CT molecular complexity index is 1340. The third kappa shape index (κ3) is 3.95. The smallest absolute Gasteiger partial charge is 0.257 e. The van der Waals surface area contributed by atoms with Crippen LogP contribution in [0.2, 0.25) is 0 Å². The number of hydrogen-bond acceptors (Lipinski definition) is 7. The van der Waals surface area contributed by atoms with E-state index in [2.05, 4.69) is 49.9 Å². The summed E-state index contributed by atoms with van der Waals surface area (Å²) in [5.74, 6) is -0.229. The van der Waals surface area contributed by atoms with Crippen LogP contribution in [0, 0.1) is 6.92 Å². The molecule has 1 aliphatic heterocycles. The van der Waals surface area contributed by atoms with E-state index in [0.29, 0.717) is 28.9 Å². The van der Waals surface area contributed by atoms with Crippen molar-refractivity contribution in [2.24, 2.45) is 0 Å². The van der Waals surface area contributed by atoms with Gasteiger partial charge in [-0.25, -0.2) is 4.98 Å². The Balaban J connectivity index is 1.50. The van der Waals surface area contributed by atoms with Gasteiger partial charge >= 0.3 is 0 Å². The number of pyridine rings is 1. The van der Waals surface area contributed by atoms with Crippen molar-refractivity contribution >= 4 is 39.5 Å². The molecule has 3 aromatic heterocycles. The van der Waals surface area contributed by atoms with E-state index in [-0.39, 0.29) is 5.91 Å². The SMILES string of the molecule is CNc1cc(NC(=O)c2ccc(N3C[C@@H](C)N[C@@H](C)C3)c3ccnnc23)cn2cc(C)nc12. The van der Waals surface area contributed by atoms with Gasteiger partial charge in [-0.05, 0) is 45.0 Å². The molecule has 0 spiro atoms. The standard InChI is InChI=1S/C24H28N8O/c1-14-10-31(11-15(2)27-14)21-6-5-19(22-18(21)7-8-26-30-22)24(33)29-17-9-20(25-4)23-28-16(3)12-32(23)13-17/h5-9,12-15,25,27H,10-11H2,1-4H3,(H,29,33)/t14-,15+. The number of piperazine rings is 1. The van der Waals surface area contributed by atoms with Gasteiger partial charge in [-0.3, -0.25) is 4.79 Å². The van der Waals surface area contributed by atoms with Crippen LogP contribution in [0.5, 0.6) is 0 Å². The number of anilines is 3. The number of aromatic nitrogens is 4. The van der Waals surface area contributed by atoms with Crippen molar-refractivity contribution in [3.63, 3.8) is 0 Å². The number of rotatable bonds is 4. The van der Waals surface area contributed by atoms with Crippen LogP contribution in [0.25, 0.3) is 16.6 Å². The first-order valence-electron chi connectivity index (χ1n) is 11.2. The lowest BCUT2D eigenvalue weighted by Gasteiger charge is -2.38. The van der Waals surface area contributed by atoms with E-state index in [9.17, 15) is 4.79 Å². The highest BCUT2D eigenvalue weighted by Crippen LogP contribution is 2.30. The third-order valence-electron chi connectivity index (χ3n) is 6.00. The van der Waals surface area contributed by atoms with Gasteiger partial charge in [-0.15, -0.1) is 5.10 Å². The van der Waals surface area contributed by atoms with E-state index in [1.165, 1.54) is 0 Å². The van der Waals surface area contributed by atoms with E-state index in [4.69, 9.17) is 0 Å². The number of carbonyl (C=O) groups excluding carboxylic acids is 1. The minimum absolute atomic E-state index is 0.229. The molecule has 1 fully saturated rings. The number of aryl methyl sites for hydroxylation is 1. The van der Waals surface area contributed by atoms with Crippen molar-refractivity contribution in [2.45, 2.75) is 32.9 Å². The molecule has 4 heterocycles. The highest BCUT2D eigenvalue weighted by molar-refractivity contribution is 6.14. The molecular weight excluding hydrogens is 416 g/mol. The Kier molecular flexibility index (Phi) is 5.33. The quantitative estimate of drug-likeness (QED) is 0.445. The molecule has 9 heteroatoms. The number of imidazole rings is 1. The largest absolute Gasteiger partial charge is 0.385 e. The Morgan fingerprint density at radius 1 is 1.15 bits per heavy atom. The highest BCUT2D eigenvalue weighted by Gasteiger charge is 2.24. The second kappa shape index (κ2) is 8.32. The van der Waals surface area contributed by atoms with Gasteiger partial charge in [0, 0.05) is 55.7 Å². The number of fused-ring (bicyclic) bond motifs is 2. The van der Waals surface area contributed by atoms with Gasteiger partial charge in [0.1, 0.15) is 5.52 Å². The lowest BCUT2D eigenvalue weighted by atomic mass is 10.0. The van der Waals surface area contributed by atoms with Crippen LogP contribution < -0.4 is 20.9 Å². The second-order valence-electron chi connectivity index (χ2n) is 8.76. The van der Waals surface area contributed by atoms with E-state index in [0.717, 1.165) is 41.2 Å². The maximum Gasteiger partial charge on any atom is 0.257 e. The van der Waals surface area contributed by atoms with Gasteiger partial charge in [0.15, 0.2) is 5.65 Å². The number of hydrogen-bond donors (Lipinski definition) is 3. The molecule has 33 heavy (non-hydrogen) atoms. The van der Waals surface area contributed by atoms with Crippen molar-refractivity contribution in [2.75, 3.05) is 35.7 Å². The van der Waals surface area contributed by atoms with E-state index in [1.54, 1.807) is 6.20 Å². The van der Waals surface area contributed by atoms with Crippen LogP contribution >= 0.6 is 0 Å². The lowest BCUT2D eigenvalue weighted by Crippen LogP contribution is -2.54. The van der Waals surface area contributed by atoms with Crippen LogP contribution in [-0.4, -0.2) is 57.7 Å². The summed E-state index contributed by atoms with van der Waals surface area (Å²) in [7, 11) is 1.84. The first kappa shape index (κ1) is 21.1. The molecule has 170 valence electrons. The fourth-order valence-corrected chi connectivity index (χ4v) is 4.72. The predicted molar refractivity (Wildman–Crippen MR) is 131 cm³/mol. The summed E-state index contributed by atoms with van der Waals surface area (Å²) >= 11 is 0. The molecule has 2 atom stereocenters. The number of benzene rings is 1. The first-order chi connectivity index (χ1) is 15.9. The average Bonchev–Trinajstić information content (AvgIpc) is 3.17. The fourth-order valence-electron chi connectivity index (χ4n) is 4.72. The molecule has 0 aliphatic carbocycles.